The van der Waals surface area contributed by atoms with Gasteiger partial charge in [-0.1, -0.05) is 19.0 Å². The fraction of sp³-hybridized carbons (Fsp3) is 0.250. The Kier molecular flexibility index (Phi) is 2.60. The Morgan fingerprint density at radius 1 is 1.36 bits per heavy atom. The molecule has 0 N–H and O–H groups in total. The minimum atomic E-state index is 0.852. The standard InChI is InChI=1S/C6H4N2O.C2H6/c1-2-7-3-5-4-9-8-6(1)5;1-2/h1-4H;1-2H3. The molecule has 0 bridgehead atoms. The van der Waals surface area contributed by atoms with Crippen LogP contribution >= 0.6 is 0 Å². The van der Waals surface area contributed by atoms with Gasteiger partial charge < -0.3 is 4.52 Å². The predicted molar refractivity (Wildman–Crippen MR) is 43.2 cm³/mol. The molecule has 0 aromatic carbocycles. The fourth-order valence-corrected chi connectivity index (χ4v) is 0.713. The summed E-state index contributed by atoms with van der Waals surface area (Å²) in [5.41, 5.74) is 0.852. The highest BCUT2D eigenvalue weighted by molar-refractivity contribution is 5.75. The van der Waals surface area contributed by atoms with Gasteiger partial charge in [0.2, 0.25) is 0 Å². The third kappa shape index (κ3) is 1.55. The predicted octanol–water partition coefficient (Wildman–Crippen LogP) is 2.25. The normalized spacial score (nSPS) is 8.91. The lowest BCUT2D eigenvalue weighted by Gasteiger charge is -1.77. The van der Waals surface area contributed by atoms with Gasteiger partial charge in [-0.3, -0.25) is 4.98 Å². The van der Waals surface area contributed by atoms with Crippen LogP contribution in [-0.2, 0) is 0 Å². The number of nitrogens with zero attached hydrogens (tertiary/aromatic N) is 2. The third-order valence-corrected chi connectivity index (χ3v) is 1.16. The molecule has 3 heteroatoms. The second-order valence-electron chi connectivity index (χ2n) is 1.75. The van der Waals surface area contributed by atoms with Gasteiger partial charge in [0.15, 0.2) is 0 Å². The minimum Gasteiger partial charge on any atom is -0.363 e. The first-order valence-corrected chi connectivity index (χ1v) is 3.61. The molecule has 2 aromatic rings. The average molecular weight is 150 g/mol. The molecule has 0 aliphatic heterocycles. The van der Waals surface area contributed by atoms with Gasteiger partial charge in [-0.2, -0.15) is 0 Å². The molecule has 0 fully saturated rings. The molecular weight excluding hydrogens is 140 g/mol. The first-order valence-electron chi connectivity index (χ1n) is 3.61. The van der Waals surface area contributed by atoms with Gasteiger partial charge >= 0.3 is 0 Å². The van der Waals surface area contributed by atoms with E-state index in [0.29, 0.717) is 0 Å². The Morgan fingerprint density at radius 2 is 2.18 bits per heavy atom. The summed E-state index contributed by atoms with van der Waals surface area (Å²) in [6.07, 6.45) is 4.97. The van der Waals surface area contributed by atoms with Gasteiger partial charge in [0.25, 0.3) is 0 Å². The van der Waals surface area contributed by atoms with Crippen LogP contribution < -0.4 is 0 Å². The summed E-state index contributed by atoms with van der Waals surface area (Å²) in [5, 5.41) is 4.65. The van der Waals surface area contributed by atoms with Gasteiger partial charge in [0, 0.05) is 12.4 Å². The van der Waals surface area contributed by atoms with E-state index in [4.69, 9.17) is 0 Å². The summed E-state index contributed by atoms with van der Waals surface area (Å²) >= 11 is 0. The van der Waals surface area contributed by atoms with Crippen molar-refractivity contribution in [2.75, 3.05) is 0 Å². The molecule has 3 nitrogen and oxygen atoms in total. The van der Waals surface area contributed by atoms with Crippen molar-refractivity contribution in [3.8, 4) is 0 Å². The number of pyridine rings is 1. The minimum absolute atomic E-state index is 0.852. The van der Waals surface area contributed by atoms with Crippen molar-refractivity contribution >= 4 is 10.9 Å². The summed E-state index contributed by atoms with van der Waals surface area (Å²) < 4.78 is 4.67. The van der Waals surface area contributed by atoms with Crippen molar-refractivity contribution in [3.63, 3.8) is 0 Å². The molecule has 0 unspecified atom stereocenters. The van der Waals surface area contributed by atoms with Crippen molar-refractivity contribution in [2.24, 2.45) is 0 Å². The SMILES string of the molecule is CC.c1cc2nocc2cn1. The van der Waals surface area contributed by atoms with E-state index in [-0.39, 0.29) is 0 Å². The lowest BCUT2D eigenvalue weighted by molar-refractivity contribution is 0.428. The lowest BCUT2D eigenvalue weighted by Crippen LogP contribution is -1.67. The van der Waals surface area contributed by atoms with E-state index >= 15 is 0 Å². The summed E-state index contributed by atoms with van der Waals surface area (Å²) in [6, 6.07) is 1.80. The third-order valence-electron chi connectivity index (χ3n) is 1.16. The van der Waals surface area contributed by atoms with Crippen LogP contribution in [0.2, 0.25) is 0 Å². The van der Waals surface area contributed by atoms with E-state index in [1.54, 1.807) is 24.7 Å². The zero-order valence-electron chi connectivity index (χ0n) is 6.61. The van der Waals surface area contributed by atoms with E-state index in [1.807, 2.05) is 13.8 Å². The maximum absolute atomic E-state index is 4.67. The Labute approximate surface area is 65.0 Å². The molecule has 2 aromatic heterocycles. The van der Waals surface area contributed by atoms with Crippen LogP contribution in [0.5, 0.6) is 0 Å². The molecule has 0 amide bonds. The first kappa shape index (κ1) is 7.72. The summed E-state index contributed by atoms with van der Waals surface area (Å²) in [5.74, 6) is 0. The first-order chi connectivity index (χ1) is 5.47. The molecule has 0 atom stereocenters. The molecule has 0 radical (unpaired) electrons. The molecule has 2 rings (SSSR count). The van der Waals surface area contributed by atoms with Crippen molar-refractivity contribution < 1.29 is 4.52 Å². The van der Waals surface area contributed by atoms with Crippen LogP contribution in [-0.4, -0.2) is 10.1 Å². The van der Waals surface area contributed by atoms with E-state index < -0.39 is 0 Å². The van der Waals surface area contributed by atoms with Crippen molar-refractivity contribution in [1.82, 2.24) is 10.1 Å². The van der Waals surface area contributed by atoms with Gasteiger partial charge in [0.05, 0.1) is 5.39 Å². The van der Waals surface area contributed by atoms with Gasteiger partial charge in [0.1, 0.15) is 11.8 Å². The summed E-state index contributed by atoms with van der Waals surface area (Å²) in [6.45, 7) is 4.00. The molecule has 0 saturated carbocycles. The Bertz CT molecular complexity index is 286. The second kappa shape index (κ2) is 3.71. The zero-order valence-corrected chi connectivity index (χ0v) is 6.61. The van der Waals surface area contributed by atoms with Crippen LogP contribution in [0.1, 0.15) is 13.8 Å². The number of hydrogen-bond acceptors (Lipinski definition) is 3. The largest absolute Gasteiger partial charge is 0.363 e. The van der Waals surface area contributed by atoms with Crippen LogP contribution in [0.3, 0.4) is 0 Å². The van der Waals surface area contributed by atoms with E-state index in [9.17, 15) is 0 Å². The zero-order chi connectivity index (χ0) is 8.10. The maximum Gasteiger partial charge on any atom is 0.133 e. The number of fused-ring (bicyclic) bond motifs is 1. The fourth-order valence-electron chi connectivity index (χ4n) is 0.713. The van der Waals surface area contributed by atoms with E-state index in [2.05, 4.69) is 14.7 Å². The lowest BCUT2D eigenvalue weighted by atomic mass is 10.4. The van der Waals surface area contributed by atoms with Crippen LogP contribution in [0, 0.1) is 0 Å². The van der Waals surface area contributed by atoms with Gasteiger partial charge in [-0.25, -0.2) is 0 Å². The molecule has 0 aliphatic carbocycles. The summed E-state index contributed by atoms with van der Waals surface area (Å²) in [7, 11) is 0. The van der Waals surface area contributed by atoms with E-state index in [1.165, 1.54) is 0 Å². The summed E-state index contributed by atoms with van der Waals surface area (Å²) in [4.78, 5) is 3.89. The van der Waals surface area contributed by atoms with Gasteiger partial charge in [-0.15, -0.1) is 0 Å². The van der Waals surface area contributed by atoms with Crippen molar-refractivity contribution in [1.29, 1.82) is 0 Å². The number of hydrogen-bond donors (Lipinski definition) is 0. The Morgan fingerprint density at radius 3 is 2.91 bits per heavy atom. The highest BCUT2D eigenvalue weighted by Gasteiger charge is 1.92. The Balaban J connectivity index is 0.000000281. The Hall–Kier alpha value is -1.38. The molecule has 0 aliphatic rings. The van der Waals surface area contributed by atoms with E-state index in [0.717, 1.165) is 10.9 Å². The molecule has 11 heavy (non-hydrogen) atoms. The highest BCUT2D eigenvalue weighted by atomic mass is 16.5. The highest BCUT2D eigenvalue weighted by Crippen LogP contribution is 2.07. The second-order valence-corrected chi connectivity index (χ2v) is 1.75. The van der Waals surface area contributed by atoms with Crippen LogP contribution in [0.25, 0.3) is 10.9 Å². The van der Waals surface area contributed by atoms with Crippen LogP contribution in [0.4, 0.5) is 0 Å². The monoisotopic (exact) mass is 150 g/mol. The molecule has 2 heterocycles. The van der Waals surface area contributed by atoms with Gasteiger partial charge in [-0.05, 0) is 6.07 Å². The van der Waals surface area contributed by atoms with Crippen LogP contribution in [0.15, 0.2) is 29.2 Å². The van der Waals surface area contributed by atoms with Crippen molar-refractivity contribution in [2.45, 2.75) is 13.8 Å². The molecule has 0 spiro atoms. The maximum atomic E-state index is 4.67. The number of rotatable bonds is 0. The molecule has 0 saturated heterocycles. The molecular formula is C8H10N2O. The average Bonchev–Trinajstić information content (AvgIpc) is 2.55. The van der Waals surface area contributed by atoms with Crippen molar-refractivity contribution in [3.05, 3.63) is 24.7 Å². The quantitative estimate of drug-likeness (QED) is 0.578. The number of aromatic nitrogens is 2. The molecule has 58 valence electrons. The topological polar surface area (TPSA) is 38.9 Å². The smallest absolute Gasteiger partial charge is 0.133 e.